The molecule has 0 unspecified atom stereocenters. The van der Waals surface area contributed by atoms with E-state index in [0.29, 0.717) is 0 Å². The van der Waals surface area contributed by atoms with Crippen LogP contribution < -0.4 is 0 Å². The van der Waals surface area contributed by atoms with Crippen molar-refractivity contribution in [2.75, 3.05) is 0 Å². The molecule has 0 radical (unpaired) electrons. The van der Waals surface area contributed by atoms with Crippen LogP contribution in [0.1, 0.15) is 0 Å². The molecule has 0 saturated heterocycles. The number of hydrogen-bond donors (Lipinski definition) is 0. The zero-order valence-corrected chi connectivity index (χ0v) is 41.7. The van der Waals surface area contributed by atoms with Crippen LogP contribution in [-0.2, 0) is 0 Å². The van der Waals surface area contributed by atoms with Crippen molar-refractivity contribution in [2.24, 2.45) is 0 Å². The molecule has 0 fully saturated rings. The van der Waals surface area contributed by atoms with Crippen molar-refractivity contribution < 1.29 is 0 Å². The van der Waals surface area contributed by atoms with Gasteiger partial charge in [-0.25, -0.2) is 0 Å². The van der Waals surface area contributed by atoms with Gasteiger partial charge in [-0.2, -0.15) is 0 Å². The molecule has 0 spiro atoms. The van der Waals surface area contributed by atoms with E-state index in [-0.39, 0.29) is 0 Å². The molecule has 2 heteroatoms. The lowest BCUT2D eigenvalue weighted by atomic mass is 9.81. The summed E-state index contributed by atoms with van der Waals surface area (Å²) in [6.07, 6.45) is 0. The van der Waals surface area contributed by atoms with Crippen LogP contribution in [0, 0.1) is 0 Å². The maximum atomic E-state index is 2.53. The fourth-order valence-corrected chi connectivity index (χ4v) is 14.9. The fourth-order valence-electron chi connectivity index (χ4n) is 12.5. The van der Waals surface area contributed by atoms with Gasteiger partial charge in [-0.05, 0) is 146 Å². The summed E-state index contributed by atoms with van der Waals surface area (Å²) in [4.78, 5) is 0. The topological polar surface area (TPSA) is 0 Å². The van der Waals surface area contributed by atoms with E-state index in [4.69, 9.17) is 0 Å². The number of thiophene rings is 2. The van der Waals surface area contributed by atoms with Gasteiger partial charge in [0.25, 0.3) is 0 Å². The Morgan fingerprint density at radius 3 is 0.946 bits per heavy atom. The van der Waals surface area contributed by atoms with Gasteiger partial charge in [-0.15, -0.1) is 22.7 Å². The molecular formula is C72H42S2. The third kappa shape index (κ3) is 6.26. The molecule has 0 nitrogen and oxygen atoms in total. The Balaban J connectivity index is 1.08. The summed E-state index contributed by atoms with van der Waals surface area (Å²) in [7, 11) is 0. The summed E-state index contributed by atoms with van der Waals surface area (Å²) in [5.41, 5.74) is 12.4. The van der Waals surface area contributed by atoms with E-state index in [2.05, 4.69) is 255 Å². The Labute approximate surface area is 435 Å². The lowest BCUT2D eigenvalue weighted by molar-refractivity contribution is 1.66. The Kier molecular flexibility index (Phi) is 9.18. The third-order valence-corrected chi connectivity index (χ3v) is 18.3. The van der Waals surface area contributed by atoms with E-state index in [1.165, 1.54) is 161 Å². The molecule has 16 aromatic rings. The lowest BCUT2D eigenvalue weighted by Gasteiger charge is -2.22. The summed E-state index contributed by atoms with van der Waals surface area (Å²) in [6, 6.07) is 96.0. The average Bonchev–Trinajstić information content (AvgIpc) is 4.06. The van der Waals surface area contributed by atoms with Crippen LogP contribution >= 0.6 is 22.7 Å². The first-order chi connectivity index (χ1) is 36.7. The van der Waals surface area contributed by atoms with Crippen molar-refractivity contribution >= 4 is 128 Å². The number of hydrogen-bond acceptors (Lipinski definition) is 2. The first-order valence-corrected chi connectivity index (χ1v) is 27.1. The molecule has 2 heterocycles. The Morgan fingerprint density at radius 1 is 0.189 bits per heavy atom. The zero-order valence-electron chi connectivity index (χ0n) is 40.1. The Bertz CT molecular complexity index is 4720. The highest BCUT2D eigenvalue weighted by Gasteiger charge is 2.24. The number of rotatable bonds is 5. The monoisotopic (exact) mass is 970 g/mol. The molecule has 0 bridgehead atoms. The summed E-state index contributed by atoms with van der Waals surface area (Å²) >= 11 is 3.81. The second kappa shape index (κ2) is 16.3. The summed E-state index contributed by atoms with van der Waals surface area (Å²) < 4.78 is 5.27. The van der Waals surface area contributed by atoms with Crippen LogP contribution in [0.25, 0.3) is 161 Å². The molecule has 16 rings (SSSR count). The van der Waals surface area contributed by atoms with E-state index in [0.717, 1.165) is 0 Å². The number of benzene rings is 14. The molecule has 0 amide bonds. The van der Waals surface area contributed by atoms with E-state index in [1.54, 1.807) is 0 Å². The van der Waals surface area contributed by atoms with Crippen LogP contribution in [0.15, 0.2) is 255 Å². The van der Waals surface area contributed by atoms with Crippen LogP contribution in [-0.4, -0.2) is 0 Å². The zero-order chi connectivity index (χ0) is 48.4. The highest BCUT2D eigenvalue weighted by Crippen LogP contribution is 2.52. The highest BCUT2D eigenvalue weighted by molar-refractivity contribution is 7.26. The normalized spacial score (nSPS) is 12.1. The Hall–Kier alpha value is -8.92. The van der Waals surface area contributed by atoms with Crippen LogP contribution in [0.5, 0.6) is 0 Å². The smallest absolute Gasteiger partial charge is 0.0434 e. The number of fused-ring (bicyclic) bond motifs is 12. The van der Waals surface area contributed by atoms with E-state index in [1.807, 2.05) is 22.7 Å². The summed E-state index contributed by atoms with van der Waals surface area (Å²) in [5, 5.41) is 20.1. The standard InChI is InChI=1S/C72H42S2/c1-3-17-45-39-47(37-35-43(45)15-1)49-21-9-25-55-63(49)41-64-50(48-38-36-44-16-2-4-18-46(44)40-48)22-10-26-56(64)69(55)70-57-27-11-23-51(59-29-13-31-61-53-19-5-7-33-67(53)73-71(59)61)65(57)42-66-52(24-12-28-58(66)70)60-30-14-32-62-54-20-6-8-34-68(54)74-72(60)62/h1-42H. The third-order valence-electron chi connectivity index (χ3n) is 15.8. The molecule has 2 aromatic heterocycles. The molecule has 14 aromatic carbocycles. The first kappa shape index (κ1) is 41.7. The van der Waals surface area contributed by atoms with Crippen molar-refractivity contribution in [2.45, 2.75) is 0 Å². The average molecular weight is 971 g/mol. The van der Waals surface area contributed by atoms with E-state index >= 15 is 0 Å². The molecule has 342 valence electrons. The van der Waals surface area contributed by atoms with Gasteiger partial charge < -0.3 is 0 Å². The minimum Gasteiger partial charge on any atom is -0.135 e. The van der Waals surface area contributed by atoms with Gasteiger partial charge in [0, 0.05) is 51.5 Å². The van der Waals surface area contributed by atoms with E-state index < -0.39 is 0 Å². The second-order valence-electron chi connectivity index (χ2n) is 19.8. The van der Waals surface area contributed by atoms with Gasteiger partial charge in [-0.3, -0.25) is 0 Å². The second-order valence-corrected chi connectivity index (χ2v) is 21.9. The largest absolute Gasteiger partial charge is 0.135 e. The summed E-state index contributed by atoms with van der Waals surface area (Å²) in [6.45, 7) is 0. The summed E-state index contributed by atoms with van der Waals surface area (Å²) in [5.74, 6) is 0. The SMILES string of the molecule is c1ccc2cc(-c3cccc4c(-c5c6cccc(-c7cccc8c7sc7ccccc78)c6cc6c(-c7cccc8c7sc7ccccc78)cccc56)c5cccc(-c6ccc7ccccc7c6)c5cc34)ccc2c1. The lowest BCUT2D eigenvalue weighted by Crippen LogP contribution is -1.94. The van der Waals surface area contributed by atoms with Crippen molar-refractivity contribution in [1.82, 2.24) is 0 Å². The predicted octanol–water partition coefficient (Wildman–Crippen LogP) is 21.7. The van der Waals surface area contributed by atoms with E-state index in [9.17, 15) is 0 Å². The molecule has 0 atom stereocenters. The molecule has 0 N–H and O–H groups in total. The minimum absolute atomic E-state index is 1.21. The van der Waals surface area contributed by atoms with Crippen molar-refractivity contribution in [3.8, 4) is 55.6 Å². The molecule has 0 aliphatic rings. The van der Waals surface area contributed by atoms with Gasteiger partial charge in [0.05, 0.1) is 0 Å². The molecule has 74 heavy (non-hydrogen) atoms. The van der Waals surface area contributed by atoms with Crippen LogP contribution in [0.3, 0.4) is 0 Å². The van der Waals surface area contributed by atoms with Crippen molar-refractivity contribution in [1.29, 1.82) is 0 Å². The maximum absolute atomic E-state index is 2.53. The van der Waals surface area contributed by atoms with Crippen LogP contribution in [0.4, 0.5) is 0 Å². The molecule has 0 aliphatic carbocycles. The van der Waals surface area contributed by atoms with Gasteiger partial charge in [-0.1, -0.05) is 218 Å². The van der Waals surface area contributed by atoms with Crippen molar-refractivity contribution in [3.05, 3.63) is 255 Å². The highest BCUT2D eigenvalue weighted by atomic mass is 32.1. The van der Waals surface area contributed by atoms with Gasteiger partial charge in [0.2, 0.25) is 0 Å². The van der Waals surface area contributed by atoms with Crippen molar-refractivity contribution in [3.63, 3.8) is 0 Å². The first-order valence-electron chi connectivity index (χ1n) is 25.5. The maximum Gasteiger partial charge on any atom is 0.0434 e. The molecule has 0 saturated carbocycles. The minimum atomic E-state index is 1.21. The predicted molar refractivity (Wildman–Crippen MR) is 324 cm³/mol. The Morgan fingerprint density at radius 2 is 0.514 bits per heavy atom. The molecule has 0 aliphatic heterocycles. The van der Waals surface area contributed by atoms with Gasteiger partial charge in [0.15, 0.2) is 0 Å². The fraction of sp³-hybridized carbons (Fsp3) is 0. The quantitative estimate of drug-likeness (QED) is 0.151. The van der Waals surface area contributed by atoms with Crippen LogP contribution in [0.2, 0.25) is 0 Å². The van der Waals surface area contributed by atoms with Gasteiger partial charge in [0.1, 0.15) is 0 Å². The van der Waals surface area contributed by atoms with Gasteiger partial charge >= 0.3 is 0 Å². The molecular weight excluding hydrogens is 929 g/mol.